The maximum absolute atomic E-state index is 12.3. The highest BCUT2D eigenvalue weighted by Gasteiger charge is 2.22. The maximum Gasteiger partial charge on any atom is 0.253 e. The molecule has 0 N–H and O–H groups in total. The van der Waals surface area contributed by atoms with E-state index in [4.69, 9.17) is 0 Å². The molecule has 120 valence electrons. The summed E-state index contributed by atoms with van der Waals surface area (Å²) in [6, 6.07) is 9.40. The standard InChI is InChI=1S/C18H26N2O2/c1-2-3-5-10-17(21)15-19-11-13-20(14-12-19)18(22)16-8-6-4-7-9-16/h4,6-9H,2-3,5,10-15H2,1H3. The number of carbonyl (C=O) groups is 2. The van der Waals surface area contributed by atoms with E-state index in [-0.39, 0.29) is 5.91 Å². The molecule has 0 radical (unpaired) electrons. The Morgan fingerprint density at radius 2 is 1.68 bits per heavy atom. The topological polar surface area (TPSA) is 40.6 Å². The van der Waals surface area contributed by atoms with Gasteiger partial charge in [0.1, 0.15) is 5.78 Å². The summed E-state index contributed by atoms with van der Waals surface area (Å²) in [6.07, 6.45) is 3.97. The Kier molecular flexibility index (Phi) is 6.59. The summed E-state index contributed by atoms with van der Waals surface area (Å²) in [4.78, 5) is 28.3. The molecule has 1 aliphatic rings. The fraction of sp³-hybridized carbons (Fsp3) is 0.556. The summed E-state index contributed by atoms with van der Waals surface area (Å²) in [5.74, 6) is 0.422. The molecule has 1 amide bonds. The molecule has 0 bridgehead atoms. The van der Waals surface area contributed by atoms with Crippen LogP contribution in [0.5, 0.6) is 0 Å². The Morgan fingerprint density at radius 1 is 1.00 bits per heavy atom. The molecule has 1 saturated heterocycles. The van der Waals surface area contributed by atoms with Crippen LogP contribution in [0.4, 0.5) is 0 Å². The van der Waals surface area contributed by atoms with E-state index < -0.39 is 0 Å². The summed E-state index contributed by atoms with van der Waals surface area (Å²) in [5.41, 5.74) is 0.742. The summed E-state index contributed by atoms with van der Waals surface area (Å²) in [5, 5.41) is 0. The SMILES string of the molecule is CCCCCC(=O)CN1CCN(C(=O)c2ccccc2)CC1. The van der Waals surface area contributed by atoms with Crippen molar-refractivity contribution in [3.63, 3.8) is 0 Å². The minimum absolute atomic E-state index is 0.0922. The van der Waals surface area contributed by atoms with E-state index in [1.54, 1.807) is 0 Å². The van der Waals surface area contributed by atoms with E-state index in [1.807, 2.05) is 35.2 Å². The number of Topliss-reactive ketones (excluding diaryl/α,β-unsaturated/α-hetero) is 1. The lowest BCUT2D eigenvalue weighted by molar-refractivity contribution is -0.120. The molecule has 0 aromatic heterocycles. The lowest BCUT2D eigenvalue weighted by atomic mass is 10.1. The maximum atomic E-state index is 12.3. The number of hydrogen-bond acceptors (Lipinski definition) is 3. The molecule has 0 atom stereocenters. The smallest absolute Gasteiger partial charge is 0.253 e. The third kappa shape index (κ3) is 4.95. The average molecular weight is 302 g/mol. The van der Waals surface area contributed by atoms with Gasteiger partial charge in [-0.15, -0.1) is 0 Å². The number of unbranched alkanes of at least 4 members (excludes halogenated alkanes) is 2. The first-order chi connectivity index (χ1) is 10.7. The molecule has 4 heteroatoms. The van der Waals surface area contributed by atoms with Crippen LogP contribution in [0, 0.1) is 0 Å². The van der Waals surface area contributed by atoms with Crippen molar-refractivity contribution in [1.82, 2.24) is 9.80 Å². The van der Waals surface area contributed by atoms with Crippen molar-refractivity contribution in [3.8, 4) is 0 Å². The second kappa shape index (κ2) is 8.69. The van der Waals surface area contributed by atoms with Gasteiger partial charge in [0.2, 0.25) is 0 Å². The minimum atomic E-state index is 0.0922. The van der Waals surface area contributed by atoms with Crippen LogP contribution in [0.25, 0.3) is 0 Å². The first-order valence-corrected chi connectivity index (χ1v) is 8.29. The highest BCUT2D eigenvalue weighted by molar-refractivity contribution is 5.94. The van der Waals surface area contributed by atoms with Crippen molar-refractivity contribution < 1.29 is 9.59 Å². The van der Waals surface area contributed by atoms with Gasteiger partial charge in [0.15, 0.2) is 0 Å². The zero-order valence-corrected chi connectivity index (χ0v) is 13.5. The van der Waals surface area contributed by atoms with Crippen molar-refractivity contribution in [2.45, 2.75) is 32.6 Å². The molecule has 22 heavy (non-hydrogen) atoms. The fourth-order valence-corrected chi connectivity index (χ4v) is 2.77. The van der Waals surface area contributed by atoms with Gasteiger partial charge in [-0.3, -0.25) is 14.5 Å². The van der Waals surface area contributed by atoms with Crippen LogP contribution in [0.15, 0.2) is 30.3 Å². The van der Waals surface area contributed by atoms with Crippen molar-refractivity contribution >= 4 is 11.7 Å². The van der Waals surface area contributed by atoms with Crippen LogP contribution < -0.4 is 0 Å². The Labute approximate surface area is 133 Å². The molecule has 4 nitrogen and oxygen atoms in total. The summed E-state index contributed by atoms with van der Waals surface area (Å²) >= 11 is 0. The number of hydrogen-bond donors (Lipinski definition) is 0. The van der Waals surface area contributed by atoms with E-state index in [0.717, 1.165) is 37.9 Å². The van der Waals surface area contributed by atoms with Crippen LogP contribution in [-0.2, 0) is 4.79 Å². The van der Waals surface area contributed by atoms with Crippen LogP contribution in [0.2, 0.25) is 0 Å². The van der Waals surface area contributed by atoms with Gasteiger partial charge in [-0.05, 0) is 18.6 Å². The van der Waals surface area contributed by atoms with Gasteiger partial charge in [0.25, 0.3) is 5.91 Å². The molecule has 1 heterocycles. The molecular weight excluding hydrogens is 276 g/mol. The van der Waals surface area contributed by atoms with E-state index in [2.05, 4.69) is 11.8 Å². The zero-order valence-electron chi connectivity index (χ0n) is 13.5. The first kappa shape index (κ1) is 16.7. The van der Waals surface area contributed by atoms with E-state index >= 15 is 0 Å². The molecule has 1 aliphatic heterocycles. The third-order valence-corrected chi connectivity index (χ3v) is 4.14. The lowest BCUT2D eigenvalue weighted by Gasteiger charge is -2.34. The molecule has 0 spiro atoms. The van der Waals surface area contributed by atoms with E-state index in [9.17, 15) is 9.59 Å². The summed E-state index contributed by atoms with van der Waals surface area (Å²) in [7, 11) is 0. The molecule has 0 saturated carbocycles. The fourth-order valence-electron chi connectivity index (χ4n) is 2.77. The summed E-state index contributed by atoms with van der Waals surface area (Å²) < 4.78 is 0. The molecule has 0 aliphatic carbocycles. The van der Waals surface area contributed by atoms with Gasteiger partial charge in [-0.2, -0.15) is 0 Å². The lowest BCUT2D eigenvalue weighted by Crippen LogP contribution is -2.49. The quantitative estimate of drug-likeness (QED) is 0.727. The molecule has 2 rings (SSSR count). The summed E-state index contributed by atoms with van der Waals surface area (Å²) in [6.45, 7) is 5.67. The number of ketones is 1. The van der Waals surface area contributed by atoms with Crippen LogP contribution in [0.3, 0.4) is 0 Å². The molecular formula is C18H26N2O2. The predicted octanol–water partition coefficient (Wildman–Crippen LogP) is 2.59. The van der Waals surface area contributed by atoms with Gasteiger partial charge >= 0.3 is 0 Å². The molecule has 1 aromatic rings. The Hall–Kier alpha value is -1.68. The molecule has 0 unspecified atom stereocenters. The zero-order chi connectivity index (χ0) is 15.8. The predicted molar refractivity (Wildman–Crippen MR) is 87.9 cm³/mol. The first-order valence-electron chi connectivity index (χ1n) is 8.29. The average Bonchev–Trinajstić information content (AvgIpc) is 2.56. The largest absolute Gasteiger partial charge is 0.336 e. The Morgan fingerprint density at radius 3 is 2.32 bits per heavy atom. The Bertz CT molecular complexity index is 479. The van der Waals surface area contributed by atoms with Gasteiger partial charge in [0, 0.05) is 38.2 Å². The van der Waals surface area contributed by atoms with Crippen molar-refractivity contribution in [1.29, 1.82) is 0 Å². The second-order valence-electron chi connectivity index (χ2n) is 5.93. The van der Waals surface area contributed by atoms with Crippen LogP contribution >= 0.6 is 0 Å². The molecule has 1 aromatic carbocycles. The van der Waals surface area contributed by atoms with E-state index in [0.29, 0.717) is 31.8 Å². The highest BCUT2D eigenvalue weighted by atomic mass is 16.2. The molecule has 1 fully saturated rings. The van der Waals surface area contributed by atoms with Crippen molar-refractivity contribution in [2.75, 3.05) is 32.7 Å². The van der Waals surface area contributed by atoms with Gasteiger partial charge in [0.05, 0.1) is 6.54 Å². The van der Waals surface area contributed by atoms with Gasteiger partial charge in [-0.25, -0.2) is 0 Å². The van der Waals surface area contributed by atoms with Crippen molar-refractivity contribution in [2.24, 2.45) is 0 Å². The third-order valence-electron chi connectivity index (χ3n) is 4.14. The number of nitrogens with zero attached hydrogens (tertiary/aromatic N) is 2. The van der Waals surface area contributed by atoms with Gasteiger partial charge < -0.3 is 4.90 Å². The number of rotatable bonds is 7. The van der Waals surface area contributed by atoms with Crippen LogP contribution in [0.1, 0.15) is 43.0 Å². The number of carbonyl (C=O) groups excluding carboxylic acids is 2. The van der Waals surface area contributed by atoms with Gasteiger partial charge in [-0.1, -0.05) is 38.0 Å². The highest BCUT2D eigenvalue weighted by Crippen LogP contribution is 2.09. The minimum Gasteiger partial charge on any atom is -0.336 e. The number of piperazine rings is 1. The van der Waals surface area contributed by atoms with Crippen LogP contribution in [-0.4, -0.2) is 54.2 Å². The second-order valence-corrected chi connectivity index (χ2v) is 5.93. The Balaban J connectivity index is 1.74. The van der Waals surface area contributed by atoms with E-state index in [1.165, 1.54) is 0 Å². The van der Waals surface area contributed by atoms with Crippen molar-refractivity contribution in [3.05, 3.63) is 35.9 Å². The number of amides is 1. The normalized spacial score (nSPS) is 15.8. The monoisotopic (exact) mass is 302 g/mol. The number of benzene rings is 1.